The van der Waals surface area contributed by atoms with Crippen LogP contribution in [-0.4, -0.2) is 30.5 Å². The van der Waals surface area contributed by atoms with E-state index in [1.54, 1.807) is 6.07 Å². The van der Waals surface area contributed by atoms with Gasteiger partial charge in [0.2, 0.25) is 0 Å². The second-order valence-electron chi connectivity index (χ2n) is 3.69. The van der Waals surface area contributed by atoms with Crippen LogP contribution in [0.1, 0.15) is 0 Å². The van der Waals surface area contributed by atoms with Crippen molar-refractivity contribution in [1.29, 1.82) is 0 Å². The van der Waals surface area contributed by atoms with Crippen molar-refractivity contribution in [2.75, 3.05) is 13.2 Å². The number of hydrogen-bond acceptors (Lipinski definition) is 6. The molecule has 1 aromatic heterocycles. The Morgan fingerprint density at radius 3 is 2.94 bits per heavy atom. The molecule has 7 heteroatoms. The van der Waals surface area contributed by atoms with Gasteiger partial charge in [0.1, 0.15) is 13.2 Å². The van der Waals surface area contributed by atoms with Crippen molar-refractivity contribution in [3.63, 3.8) is 0 Å². The quantitative estimate of drug-likeness (QED) is 0.805. The van der Waals surface area contributed by atoms with Gasteiger partial charge in [-0.25, -0.2) is 4.79 Å². The molecular formula is C11H13N3O4. The molecule has 0 aliphatic rings. The van der Waals surface area contributed by atoms with Gasteiger partial charge in [0.25, 0.3) is 5.88 Å². The average Bonchev–Trinajstić information content (AvgIpc) is 2.77. The summed E-state index contributed by atoms with van der Waals surface area (Å²) in [5.41, 5.74) is 11.1. The molecule has 0 bridgehead atoms. The summed E-state index contributed by atoms with van der Waals surface area (Å²) in [6.07, 6.45) is -0.864. The molecule has 7 nitrogen and oxygen atoms in total. The second kappa shape index (κ2) is 5.37. The molecule has 0 aliphatic heterocycles. The Labute approximate surface area is 103 Å². The minimum Gasteiger partial charge on any atom is -0.473 e. The van der Waals surface area contributed by atoms with Crippen molar-refractivity contribution in [3.05, 3.63) is 24.3 Å². The molecule has 0 spiro atoms. The number of para-hydroxylation sites is 1. The summed E-state index contributed by atoms with van der Waals surface area (Å²) in [5, 5.41) is 4.54. The number of hydrogen-bond donors (Lipinski definition) is 2. The molecule has 96 valence electrons. The van der Waals surface area contributed by atoms with Gasteiger partial charge >= 0.3 is 6.09 Å². The summed E-state index contributed by atoms with van der Waals surface area (Å²) in [5.74, 6) is 0.361. The Morgan fingerprint density at radius 2 is 2.17 bits per heavy atom. The summed E-state index contributed by atoms with van der Waals surface area (Å²) in [6.45, 7) is 0.134. The molecule has 0 radical (unpaired) electrons. The maximum absolute atomic E-state index is 10.4. The molecule has 0 fully saturated rings. The third-order valence-corrected chi connectivity index (χ3v) is 2.22. The van der Waals surface area contributed by atoms with Crippen molar-refractivity contribution >= 4 is 17.1 Å². The number of nitrogens with zero attached hydrogens (tertiary/aromatic N) is 1. The van der Waals surface area contributed by atoms with Crippen molar-refractivity contribution in [1.82, 2.24) is 5.16 Å². The first-order valence-electron chi connectivity index (χ1n) is 5.32. The fourth-order valence-electron chi connectivity index (χ4n) is 1.39. The van der Waals surface area contributed by atoms with Crippen LogP contribution in [0.2, 0.25) is 0 Å². The van der Waals surface area contributed by atoms with E-state index in [9.17, 15) is 4.79 Å². The predicted molar refractivity (Wildman–Crippen MR) is 63.0 cm³/mol. The highest BCUT2D eigenvalue weighted by molar-refractivity contribution is 5.81. The third-order valence-electron chi connectivity index (χ3n) is 2.22. The first kappa shape index (κ1) is 12.2. The summed E-state index contributed by atoms with van der Waals surface area (Å²) in [4.78, 5) is 10.4. The van der Waals surface area contributed by atoms with Crippen LogP contribution in [0.15, 0.2) is 28.8 Å². The Bertz CT molecular complexity index is 540. The number of primary amides is 1. The van der Waals surface area contributed by atoms with Crippen molar-refractivity contribution in [2.45, 2.75) is 6.04 Å². The van der Waals surface area contributed by atoms with E-state index >= 15 is 0 Å². The number of amides is 1. The molecule has 1 aromatic carbocycles. The minimum absolute atomic E-state index is 0.00881. The van der Waals surface area contributed by atoms with Gasteiger partial charge in [0.05, 0.1) is 11.4 Å². The highest BCUT2D eigenvalue weighted by Crippen LogP contribution is 2.23. The largest absolute Gasteiger partial charge is 0.473 e. The molecule has 0 aliphatic carbocycles. The molecule has 1 unspecified atom stereocenters. The molecular weight excluding hydrogens is 238 g/mol. The Balaban J connectivity index is 1.92. The van der Waals surface area contributed by atoms with E-state index < -0.39 is 12.1 Å². The van der Waals surface area contributed by atoms with Gasteiger partial charge in [-0.3, -0.25) is 0 Å². The molecule has 1 heterocycles. The number of fused-ring (bicyclic) bond motifs is 1. The van der Waals surface area contributed by atoms with Gasteiger partial charge in [0.15, 0.2) is 5.58 Å². The van der Waals surface area contributed by atoms with Crippen LogP contribution in [0, 0.1) is 0 Å². The molecule has 0 saturated heterocycles. The van der Waals surface area contributed by atoms with Crippen LogP contribution in [0.5, 0.6) is 5.88 Å². The second-order valence-corrected chi connectivity index (χ2v) is 3.69. The number of carbonyl (C=O) groups is 1. The van der Waals surface area contributed by atoms with Gasteiger partial charge in [-0.15, -0.1) is 0 Å². The van der Waals surface area contributed by atoms with E-state index in [4.69, 9.17) is 20.7 Å². The highest BCUT2D eigenvalue weighted by Gasteiger charge is 2.11. The molecule has 2 rings (SSSR count). The molecule has 0 saturated carbocycles. The zero-order chi connectivity index (χ0) is 13.0. The van der Waals surface area contributed by atoms with E-state index in [1.165, 1.54) is 0 Å². The lowest BCUT2D eigenvalue weighted by atomic mass is 10.3. The monoisotopic (exact) mass is 251 g/mol. The number of benzene rings is 1. The van der Waals surface area contributed by atoms with Crippen LogP contribution in [-0.2, 0) is 4.74 Å². The lowest BCUT2D eigenvalue weighted by Crippen LogP contribution is -2.34. The molecule has 1 atom stereocenters. The first-order valence-corrected chi connectivity index (χ1v) is 5.32. The molecule has 1 amide bonds. The lowest BCUT2D eigenvalue weighted by Gasteiger charge is -2.10. The van der Waals surface area contributed by atoms with Gasteiger partial charge in [-0.05, 0) is 17.3 Å². The van der Waals surface area contributed by atoms with Crippen LogP contribution in [0.25, 0.3) is 11.0 Å². The minimum atomic E-state index is -0.864. The number of aromatic nitrogens is 1. The molecule has 4 N–H and O–H groups in total. The van der Waals surface area contributed by atoms with E-state index in [2.05, 4.69) is 9.89 Å². The van der Waals surface area contributed by atoms with Crippen molar-refractivity contribution in [2.24, 2.45) is 11.5 Å². The molecule has 18 heavy (non-hydrogen) atoms. The lowest BCUT2D eigenvalue weighted by molar-refractivity contribution is 0.136. The van der Waals surface area contributed by atoms with E-state index in [0.717, 1.165) is 5.39 Å². The number of carbonyl (C=O) groups excluding carboxylic acids is 1. The van der Waals surface area contributed by atoms with Gasteiger partial charge in [0, 0.05) is 0 Å². The summed E-state index contributed by atoms with van der Waals surface area (Å²) < 4.78 is 15.0. The van der Waals surface area contributed by atoms with Gasteiger partial charge in [-0.2, -0.15) is 0 Å². The molecule has 2 aromatic rings. The normalized spacial score (nSPS) is 12.3. The SMILES string of the molecule is NC(=O)OCC(N)COc1noc2ccccc12. The smallest absolute Gasteiger partial charge is 0.404 e. The standard InChI is InChI=1S/C11H13N3O4/c12-7(6-17-11(13)15)5-16-10-8-3-1-2-4-9(8)18-14-10/h1-4,7H,5-6,12H2,(H2,13,15). The Kier molecular flexibility index (Phi) is 3.63. The van der Waals surface area contributed by atoms with E-state index in [1.807, 2.05) is 18.2 Å². The highest BCUT2D eigenvalue weighted by atomic mass is 16.6. The maximum atomic E-state index is 10.4. The fourth-order valence-corrected chi connectivity index (χ4v) is 1.39. The summed E-state index contributed by atoms with van der Waals surface area (Å²) in [6, 6.07) is 6.82. The number of rotatable bonds is 5. The number of ether oxygens (including phenoxy) is 2. The zero-order valence-corrected chi connectivity index (χ0v) is 9.54. The summed E-state index contributed by atoms with van der Waals surface area (Å²) in [7, 11) is 0. The van der Waals surface area contributed by atoms with Crippen molar-refractivity contribution < 1.29 is 18.8 Å². The summed E-state index contributed by atoms with van der Waals surface area (Å²) >= 11 is 0. The maximum Gasteiger partial charge on any atom is 0.404 e. The zero-order valence-electron chi connectivity index (χ0n) is 9.54. The predicted octanol–water partition coefficient (Wildman–Crippen LogP) is 0.629. The van der Waals surface area contributed by atoms with Crippen LogP contribution >= 0.6 is 0 Å². The fraction of sp³-hybridized carbons (Fsp3) is 0.273. The third kappa shape index (κ3) is 2.89. The van der Waals surface area contributed by atoms with Crippen LogP contribution < -0.4 is 16.2 Å². The Morgan fingerprint density at radius 1 is 1.39 bits per heavy atom. The van der Waals surface area contributed by atoms with Gasteiger partial charge < -0.3 is 25.5 Å². The topological polar surface area (TPSA) is 114 Å². The van der Waals surface area contributed by atoms with E-state index in [-0.39, 0.29) is 13.2 Å². The van der Waals surface area contributed by atoms with E-state index in [0.29, 0.717) is 11.5 Å². The van der Waals surface area contributed by atoms with Gasteiger partial charge in [-0.1, -0.05) is 12.1 Å². The van der Waals surface area contributed by atoms with Crippen LogP contribution in [0.4, 0.5) is 4.79 Å². The average molecular weight is 251 g/mol. The number of nitrogens with two attached hydrogens (primary N) is 2. The van der Waals surface area contributed by atoms with Crippen molar-refractivity contribution in [3.8, 4) is 5.88 Å². The van der Waals surface area contributed by atoms with Crippen LogP contribution in [0.3, 0.4) is 0 Å². The Hall–Kier alpha value is -2.28. The first-order chi connectivity index (χ1) is 8.66.